The van der Waals surface area contributed by atoms with Gasteiger partial charge in [-0.25, -0.2) is 8.42 Å². The highest BCUT2D eigenvalue weighted by Crippen LogP contribution is 2.20. The maximum atomic E-state index is 12.3. The minimum absolute atomic E-state index is 0.161. The van der Waals surface area contributed by atoms with E-state index in [0.29, 0.717) is 16.3 Å². The molecule has 0 radical (unpaired) electrons. The molecule has 1 N–H and O–H groups in total. The third-order valence-corrected chi connectivity index (χ3v) is 4.95. The Balaban J connectivity index is 1.74. The Labute approximate surface area is 140 Å². The Morgan fingerprint density at radius 1 is 0.913 bits per heavy atom. The fourth-order valence-corrected chi connectivity index (χ4v) is 3.75. The number of hydrogen-bond donors (Lipinski definition) is 1. The van der Waals surface area contributed by atoms with Crippen LogP contribution in [0.15, 0.2) is 73.1 Å². The van der Waals surface area contributed by atoms with Crippen molar-refractivity contribution in [3.8, 4) is 5.69 Å². The number of sulfonamides is 1. The van der Waals surface area contributed by atoms with Gasteiger partial charge < -0.3 is 4.57 Å². The van der Waals surface area contributed by atoms with Crippen molar-refractivity contribution in [1.82, 2.24) is 4.57 Å². The van der Waals surface area contributed by atoms with E-state index in [-0.39, 0.29) is 5.75 Å². The summed E-state index contributed by atoms with van der Waals surface area (Å²) in [6, 6.07) is 18.0. The van der Waals surface area contributed by atoms with Crippen LogP contribution in [0.1, 0.15) is 5.56 Å². The van der Waals surface area contributed by atoms with E-state index in [1.54, 1.807) is 36.4 Å². The normalized spacial score (nSPS) is 11.3. The zero-order chi connectivity index (χ0) is 16.3. The maximum Gasteiger partial charge on any atom is 0.236 e. The van der Waals surface area contributed by atoms with Crippen LogP contribution in [0.3, 0.4) is 0 Å². The lowest BCUT2D eigenvalue weighted by Gasteiger charge is -2.10. The van der Waals surface area contributed by atoms with Gasteiger partial charge in [-0.15, -0.1) is 0 Å². The third-order valence-electron chi connectivity index (χ3n) is 3.35. The first-order valence-electron chi connectivity index (χ1n) is 7.01. The van der Waals surface area contributed by atoms with Crippen molar-refractivity contribution >= 4 is 27.3 Å². The summed E-state index contributed by atoms with van der Waals surface area (Å²) in [6.07, 6.45) is 3.85. The molecule has 0 bridgehead atoms. The van der Waals surface area contributed by atoms with Crippen molar-refractivity contribution in [2.24, 2.45) is 0 Å². The number of nitrogens with zero attached hydrogens (tertiary/aromatic N) is 1. The summed E-state index contributed by atoms with van der Waals surface area (Å²) in [7, 11) is -3.52. The number of benzene rings is 2. The second-order valence-electron chi connectivity index (χ2n) is 5.09. The number of nitrogens with one attached hydrogen (secondary N) is 1. The van der Waals surface area contributed by atoms with E-state index >= 15 is 0 Å². The fraction of sp³-hybridized carbons (Fsp3) is 0.0588. The van der Waals surface area contributed by atoms with Crippen LogP contribution in [-0.2, 0) is 15.8 Å². The quantitative estimate of drug-likeness (QED) is 0.757. The SMILES string of the molecule is O=S(=O)(Cc1ccccc1Cl)Nc1ccc(-n2cccc2)cc1. The first-order chi connectivity index (χ1) is 11.0. The highest BCUT2D eigenvalue weighted by molar-refractivity contribution is 7.91. The van der Waals surface area contributed by atoms with Gasteiger partial charge in [-0.1, -0.05) is 29.8 Å². The number of aromatic nitrogens is 1. The average molecular weight is 347 g/mol. The summed E-state index contributed by atoms with van der Waals surface area (Å²) in [5.74, 6) is -0.161. The van der Waals surface area contributed by atoms with Crippen LogP contribution < -0.4 is 4.72 Å². The van der Waals surface area contributed by atoms with Gasteiger partial charge in [-0.05, 0) is 48.0 Å². The van der Waals surface area contributed by atoms with Crippen molar-refractivity contribution < 1.29 is 8.42 Å². The standard InChI is InChI=1S/C17H15ClN2O2S/c18-17-6-2-1-5-14(17)13-23(21,22)19-15-7-9-16(10-8-15)20-11-3-4-12-20/h1-12,19H,13H2. The maximum absolute atomic E-state index is 12.3. The lowest BCUT2D eigenvalue weighted by atomic mass is 10.2. The number of hydrogen-bond acceptors (Lipinski definition) is 2. The monoisotopic (exact) mass is 346 g/mol. The summed E-state index contributed by atoms with van der Waals surface area (Å²) in [4.78, 5) is 0. The predicted octanol–water partition coefficient (Wildman–Crippen LogP) is 4.07. The van der Waals surface area contributed by atoms with Gasteiger partial charge in [0.1, 0.15) is 0 Å². The molecule has 0 spiro atoms. The molecule has 0 aliphatic rings. The molecule has 3 rings (SSSR count). The highest BCUT2D eigenvalue weighted by atomic mass is 35.5. The van der Waals surface area contributed by atoms with Crippen LogP contribution in [0.5, 0.6) is 0 Å². The van der Waals surface area contributed by atoms with Gasteiger partial charge in [0.2, 0.25) is 10.0 Å². The van der Waals surface area contributed by atoms with Crippen molar-refractivity contribution in [2.45, 2.75) is 5.75 Å². The van der Waals surface area contributed by atoms with Gasteiger partial charge in [-0.3, -0.25) is 4.72 Å². The minimum atomic E-state index is -3.52. The van der Waals surface area contributed by atoms with E-state index in [1.165, 1.54) is 0 Å². The van der Waals surface area contributed by atoms with E-state index in [4.69, 9.17) is 11.6 Å². The van der Waals surface area contributed by atoms with Gasteiger partial charge in [0.25, 0.3) is 0 Å². The largest absolute Gasteiger partial charge is 0.324 e. The Kier molecular flexibility index (Phi) is 4.41. The highest BCUT2D eigenvalue weighted by Gasteiger charge is 2.13. The van der Waals surface area contributed by atoms with Crippen molar-refractivity contribution in [3.05, 3.63) is 83.6 Å². The predicted molar refractivity (Wildman–Crippen MR) is 93.5 cm³/mol. The van der Waals surface area contributed by atoms with E-state index in [2.05, 4.69) is 4.72 Å². The van der Waals surface area contributed by atoms with Crippen molar-refractivity contribution in [1.29, 1.82) is 0 Å². The molecule has 0 unspecified atom stereocenters. The third kappa shape index (κ3) is 3.94. The molecule has 0 atom stereocenters. The molecule has 0 aliphatic carbocycles. The smallest absolute Gasteiger partial charge is 0.236 e. The van der Waals surface area contributed by atoms with Gasteiger partial charge in [0, 0.05) is 28.8 Å². The topological polar surface area (TPSA) is 51.1 Å². The van der Waals surface area contributed by atoms with E-state index in [0.717, 1.165) is 5.69 Å². The fourth-order valence-electron chi connectivity index (χ4n) is 2.24. The molecule has 0 aliphatic heterocycles. The van der Waals surface area contributed by atoms with Gasteiger partial charge in [0.05, 0.1) is 5.75 Å². The Bertz CT molecular complexity index is 889. The van der Waals surface area contributed by atoms with Crippen LogP contribution in [0.25, 0.3) is 5.69 Å². The molecule has 0 amide bonds. The molecule has 0 saturated carbocycles. The summed E-state index contributed by atoms with van der Waals surface area (Å²) in [5.41, 5.74) is 2.06. The lowest BCUT2D eigenvalue weighted by Crippen LogP contribution is -2.15. The molecule has 1 heterocycles. The Morgan fingerprint density at radius 2 is 1.57 bits per heavy atom. The molecule has 3 aromatic rings. The van der Waals surface area contributed by atoms with E-state index in [1.807, 2.05) is 41.2 Å². The molecule has 0 fully saturated rings. The first-order valence-corrected chi connectivity index (χ1v) is 9.04. The van der Waals surface area contributed by atoms with Crippen LogP contribution >= 0.6 is 11.6 Å². The number of halogens is 1. The van der Waals surface area contributed by atoms with Gasteiger partial charge >= 0.3 is 0 Å². The molecule has 23 heavy (non-hydrogen) atoms. The number of rotatable bonds is 5. The summed E-state index contributed by atoms with van der Waals surface area (Å²) < 4.78 is 29.0. The summed E-state index contributed by atoms with van der Waals surface area (Å²) in [5, 5.41) is 0.445. The second-order valence-corrected chi connectivity index (χ2v) is 7.22. The van der Waals surface area contributed by atoms with Crippen molar-refractivity contribution in [3.63, 3.8) is 0 Å². The molecule has 1 aromatic heterocycles. The molecule has 6 heteroatoms. The molecule has 118 valence electrons. The Hall–Kier alpha value is -2.24. The zero-order valence-electron chi connectivity index (χ0n) is 12.2. The van der Waals surface area contributed by atoms with E-state index in [9.17, 15) is 8.42 Å². The molecule has 4 nitrogen and oxygen atoms in total. The van der Waals surface area contributed by atoms with Crippen LogP contribution in [-0.4, -0.2) is 13.0 Å². The summed E-state index contributed by atoms with van der Waals surface area (Å²) >= 11 is 6.02. The first kappa shape index (κ1) is 15.6. The molecule has 2 aromatic carbocycles. The molecular formula is C17H15ClN2O2S. The van der Waals surface area contributed by atoms with Crippen molar-refractivity contribution in [2.75, 3.05) is 4.72 Å². The van der Waals surface area contributed by atoms with Gasteiger partial charge in [0.15, 0.2) is 0 Å². The van der Waals surface area contributed by atoms with Crippen LogP contribution in [0.2, 0.25) is 5.02 Å². The van der Waals surface area contributed by atoms with Gasteiger partial charge in [-0.2, -0.15) is 0 Å². The Morgan fingerprint density at radius 3 is 2.22 bits per heavy atom. The zero-order valence-corrected chi connectivity index (χ0v) is 13.8. The summed E-state index contributed by atoms with van der Waals surface area (Å²) in [6.45, 7) is 0. The average Bonchev–Trinajstić information content (AvgIpc) is 3.04. The van der Waals surface area contributed by atoms with E-state index < -0.39 is 10.0 Å². The van der Waals surface area contributed by atoms with Crippen LogP contribution in [0.4, 0.5) is 5.69 Å². The molecular weight excluding hydrogens is 332 g/mol. The lowest BCUT2D eigenvalue weighted by molar-refractivity contribution is 0.600. The second kappa shape index (κ2) is 6.48. The van der Waals surface area contributed by atoms with Crippen LogP contribution in [0, 0.1) is 0 Å². The molecule has 0 saturated heterocycles. The number of anilines is 1. The minimum Gasteiger partial charge on any atom is -0.324 e.